The van der Waals surface area contributed by atoms with E-state index in [2.05, 4.69) is 39.7 Å². The molecule has 1 amide bonds. The van der Waals surface area contributed by atoms with Crippen LogP contribution in [0.4, 0.5) is 11.4 Å². The molecule has 0 atom stereocenters. The molecule has 0 aliphatic carbocycles. The van der Waals surface area contributed by atoms with Gasteiger partial charge in [0.15, 0.2) is 0 Å². The summed E-state index contributed by atoms with van der Waals surface area (Å²) in [5.74, 6) is -0.0355. The van der Waals surface area contributed by atoms with Gasteiger partial charge in [0.25, 0.3) is 0 Å². The number of aryl methyl sites for hydroxylation is 1. The predicted octanol–water partition coefficient (Wildman–Crippen LogP) is 6.51. The van der Waals surface area contributed by atoms with Crippen LogP contribution in [0.25, 0.3) is 32.6 Å². The maximum Gasteiger partial charge on any atom is 0.241 e. The molecule has 40 heavy (non-hydrogen) atoms. The number of para-hydroxylation sites is 1. The fourth-order valence-electron chi connectivity index (χ4n) is 5.46. The van der Waals surface area contributed by atoms with E-state index >= 15 is 0 Å². The second-order valence-corrected chi connectivity index (χ2v) is 12.0. The van der Waals surface area contributed by atoms with Crippen molar-refractivity contribution in [3.63, 3.8) is 0 Å². The molecule has 5 rings (SSSR count). The van der Waals surface area contributed by atoms with E-state index in [1.54, 1.807) is 12.1 Å². The molecule has 208 valence electrons. The summed E-state index contributed by atoms with van der Waals surface area (Å²) in [7, 11) is 0.230. The minimum atomic E-state index is -3.66. The van der Waals surface area contributed by atoms with Crippen LogP contribution < -0.4 is 14.9 Å². The zero-order valence-electron chi connectivity index (χ0n) is 23.3. The number of hydrogen-bond donors (Lipinski definition) is 2. The third kappa shape index (κ3) is 5.55. The van der Waals surface area contributed by atoms with E-state index in [9.17, 15) is 13.2 Å². The summed E-state index contributed by atoms with van der Waals surface area (Å²) >= 11 is 0. The van der Waals surface area contributed by atoms with Gasteiger partial charge in [-0.15, -0.1) is 0 Å². The van der Waals surface area contributed by atoms with Gasteiger partial charge in [0, 0.05) is 77.6 Å². The van der Waals surface area contributed by atoms with E-state index < -0.39 is 10.0 Å². The number of nitrogens with zero attached hydrogens (tertiary/aromatic N) is 2. The van der Waals surface area contributed by atoms with Crippen LogP contribution in [-0.4, -0.2) is 39.5 Å². The van der Waals surface area contributed by atoms with Gasteiger partial charge >= 0.3 is 0 Å². The first-order valence-electron chi connectivity index (χ1n) is 13.8. The van der Waals surface area contributed by atoms with Crippen LogP contribution in [-0.2, 0) is 21.4 Å². The van der Waals surface area contributed by atoms with Crippen LogP contribution in [0.2, 0.25) is 0 Å². The van der Waals surface area contributed by atoms with E-state index in [1.807, 2.05) is 67.5 Å². The average molecular weight is 557 g/mol. The Hall–Kier alpha value is -3.88. The summed E-state index contributed by atoms with van der Waals surface area (Å²) < 4.78 is 31.2. The fourth-order valence-corrected chi connectivity index (χ4v) is 6.75. The van der Waals surface area contributed by atoms with Crippen molar-refractivity contribution in [3.8, 4) is 0 Å². The third-order valence-corrected chi connectivity index (χ3v) is 8.89. The molecule has 2 N–H and O–H groups in total. The summed E-state index contributed by atoms with van der Waals surface area (Å²) in [6.45, 7) is 3.34. The van der Waals surface area contributed by atoms with E-state index in [4.69, 9.17) is 0 Å². The van der Waals surface area contributed by atoms with Crippen molar-refractivity contribution in [3.05, 3.63) is 78.9 Å². The molecule has 0 radical (unpaired) electrons. The van der Waals surface area contributed by atoms with Crippen molar-refractivity contribution in [2.45, 2.75) is 44.0 Å². The first-order chi connectivity index (χ1) is 19.3. The Morgan fingerprint density at radius 3 is 2.33 bits per heavy atom. The first kappa shape index (κ1) is 27.7. The van der Waals surface area contributed by atoms with Crippen molar-refractivity contribution >= 4 is 59.9 Å². The van der Waals surface area contributed by atoms with Crippen LogP contribution >= 0.6 is 0 Å². The molecule has 8 heteroatoms. The molecule has 1 heterocycles. The van der Waals surface area contributed by atoms with Gasteiger partial charge in [0.2, 0.25) is 15.9 Å². The Balaban J connectivity index is 1.13. The van der Waals surface area contributed by atoms with Crippen molar-refractivity contribution in [2.24, 2.45) is 0 Å². The number of carbonyl (C=O) groups is 1. The molecule has 0 aliphatic heterocycles. The quantitative estimate of drug-likeness (QED) is 0.182. The minimum Gasteiger partial charge on any atom is -0.377 e. The molecular formula is C32H36N4O3S. The zero-order chi connectivity index (χ0) is 28.3. The number of hydrogen-bond acceptors (Lipinski definition) is 4. The number of sulfonamides is 1. The molecule has 0 unspecified atom stereocenters. The number of rotatable bonds is 11. The number of carbonyl (C=O) groups excluding carboxylic acids is 1. The number of fused-ring (bicyclic) bond motifs is 4. The van der Waals surface area contributed by atoms with E-state index in [-0.39, 0.29) is 10.8 Å². The third-order valence-electron chi connectivity index (χ3n) is 7.38. The largest absolute Gasteiger partial charge is 0.377 e. The molecular weight excluding hydrogens is 520 g/mol. The summed E-state index contributed by atoms with van der Waals surface area (Å²) in [6.07, 6.45) is 2.48. The average Bonchev–Trinajstić information content (AvgIpc) is 3.27. The molecule has 0 saturated carbocycles. The molecule has 5 aromatic rings. The van der Waals surface area contributed by atoms with Crippen molar-refractivity contribution < 1.29 is 13.2 Å². The fraction of sp³-hybridized carbons (Fsp3) is 0.281. The Kier molecular flexibility index (Phi) is 8.09. The monoisotopic (exact) mass is 556 g/mol. The molecule has 0 spiro atoms. The highest BCUT2D eigenvalue weighted by molar-refractivity contribution is 7.89. The number of aromatic nitrogens is 1. The molecule has 0 saturated heterocycles. The Morgan fingerprint density at radius 2 is 1.52 bits per heavy atom. The highest BCUT2D eigenvalue weighted by Gasteiger charge is 2.18. The molecule has 7 nitrogen and oxygen atoms in total. The zero-order valence-corrected chi connectivity index (χ0v) is 24.1. The molecule has 0 fully saturated rings. The van der Waals surface area contributed by atoms with E-state index in [0.717, 1.165) is 40.6 Å². The molecule has 4 aromatic carbocycles. The van der Waals surface area contributed by atoms with Gasteiger partial charge in [0.05, 0.1) is 4.90 Å². The highest BCUT2D eigenvalue weighted by atomic mass is 32.2. The van der Waals surface area contributed by atoms with Gasteiger partial charge < -0.3 is 14.8 Å². The van der Waals surface area contributed by atoms with Crippen LogP contribution in [0.5, 0.6) is 0 Å². The number of nitrogens with one attached hydrogen (secondary N) is 2. The van der Waals surface area contributed by atoms with Crippen LogP contribution in [0, 0.1) is 0 Å². The van der Waals surface area contributed by atoms with Crippen LogP contribution in [0.15, 0.2) is 83.8 Å². The molecule has 1 aromatic heterocycles. The Bertz CT molecular complexity index is 1790. The molecule has 0 aliphatic rings. The smallest absolute Gasteiger partial charge is 0.241 e. The maximum absolute atomic E-state index is 13.1. The van der Waals surface area contributed by atoms with Crippen molar-refractivity contribution in [2.75, 3.05) is 30.9 Å². The summed E-state index contributed by atoms with van der Waals surface area (Å²) in [4.78, 5) is 14.9. The van der Waals surface area contributed by atoms with E-state index in [1.165, 1.54) is 10.9 Å². The number of anilines is 2. The van der Waals surface area contributed by atoms with Gasteiger partial charge in [-0.2, -0.15) is 0 Å². The van der Waals surface area contributed by atoms with Crippen molar-refractivity contribution in [1.82, 2.24) is 9.29 Å². The number of benzene rings is 4. The summed E-state index contributed by atoms with van der Waals surface area (Å²) in [5.41, 5.74) is 4.11. The summed E-state index contributed by atoms with van der Waals surface area (Å²) in [5, 5.41) is 6.94. The second-order valence-electron chi connectivity index (χ2n) is 10.3. The highest BCUT2D eigenvalue weighted by Crippen LogP contribution is 2.32. The topological polar surface area (TPSA) is 83.4 Å². The van der Waals surface area contributed by atoms with E-state index in [0.29, 0.717) is 31.2 Å². The van der Waals surface area contributed by atoms with Gasteiger partial charge in [-0.05, 0) is 56.2 Å². The minimum absolute atomic E-state index is 0.0355. The Labute approximate surface area is 235 Å². The Morgan fingerprint density at radius 1 is 0.800 bits per heavy atom. The lowest BCUT2D eigenvalue weighted by Crippen LogP contribution is -2.25. The predicted molar refractivity (Wildman–Crippen MR) is 166 cm³/mol. The van der Waals surface area contributed by atoms with Crippen molar-refractivity contribution in [1.29, 1.82) is 0 Å². The van der Waals surface area contributed by atoms with Gasteiger partial charge in [-0.25, -0.2) is 13.1 Å². The number of unbranched alkanes of at least 4 members (excludes halogenated alkanes) is 2. The lowest BCUT2D eigenvalue weighted by Gasteiger charge is -2.17. The summed E-state index contributed by atoms with van der Waals surface area (Å²) in [6, 6.07) is 25.5. The normalized spacial score (nSPS) is 11.9. The first-order valence-corrected chi connectivity index (χ1v) is 15.3. The maximum atomic E-state index is 13.1. The second kappa shape index (κ2) is 11.7. The lowest BCUT2D eigenvalue weighted by molar-refractivity contribution is -0.116. The van der Waals surface area contributed by atoms with Crippen LogP contribution in [0.1, 0.15) is 32.6 Å². The van der Waals surface area contributed by atoms with Crippen LogP contribution in [0.3, 0.4) is 0 Å². The van der Waals surface area contributed by atoms with Gasteiger partial charge in [-0.3, -0.25) is 4.79 Å². The number of amides is 1. The molecule has 0 bridgehead atoms. The van der Waals surface area contributed by atoms with Gasteiger partial charge in [0.1, 0.15) is 0 Å². The standard InChI is InChI=1S/C32H36N4O3S/c1-4-36-29-15-8-7-12-25(29)27-22-23(19-20-30(27)36)34-32(37)18-6-5-9-21-33-40(38,39)31-17-11-13-24-26(31)14-10-16-28(24)35(2)3/h7-8,10-17,19-20,22,33H,4-6,9,18,21H2,1-3H3,(H,34,37). The lowest BCUT2D eigenvalue weighted by atomic mass is 10.1. The van der Waals surface area contributed by atoms with Gasteiger partial charge in [-0.1, -0.05) is 48.9 Å². The SMILES string of the molecule is CCn1c2ccccc2c2cc(NC(=O)CCCCCNS(=O)(=O)c3cccc4c(N(C)C)cccc34)ccc21.